The number of piperidine rings is 1. The van der Waals surface area contributed by atoms with Gasteiger partial charge in [0, 0.05) is 29.7 Å². The van der Waals surface area contributed by atoms with Gasteiger partial charge in [0.15, 0.2) is 0 Å². The van der Waals surface area contributed by atoms with Gasteiger partial charge in [-0.05, 0) is 68.3 Å². The molecule has 150 valence electrons. The van der Waals surface area contributed by atoms with E-state index in [1.165, 1.54) is 5.69 Å². The predicted octanol–water partition coefficient (Wildman–Crippen LogP) is 3.97. The highest BCUT2D eigenvalue weighted by Gasteiger charge is 2.23. The van der Waals surface area contributed by atoms with E-state index in [0.717, 1.165) is 42.3 Å². The van der Waals surface area contributed by atoms with Crippen molar-refractivity contribution in [3.8, 4) is 11.5 Å². The van der Waals surface area contributed by atoms with Crippen molar-refractivity contribution in [1.29, 1.82) is 0 Å². The summed E-state index contributed by atoms with van der Waals surface area (Å²) in [6, 6.07) is 16.2. The second-order valence-electron chi connectivity index (χ2n) is 6.90. The van der Waals surface area contributed by atoms with Crippen molar-refractivity contribution in [2.45, 2.75) is 36.0 Å². The number of thioether (sulfide) groups is 1. The SMILES string of the molecule is COc1ccc(SC(C)C(=O)NC2CCN(c3ccc(OC)cc3)CC2)cc1. The number of hydrogen-bond acceptors (Lipinski definition) is 5. The predicted molar refractivity (Wildman–Crippen MR) is 115 cm³/mol. The van der Waals surface area contributed by atoms with Gasteiger partial charge in [-0.15, -0.1) is 11.8 Å². The van der Waals surface area contributed by atoms with Gasteiger partial charge >= 0.3 is 0 Å². The summed E-state index contributed by atoms with van der Waals surface area (Å²) in [6.45, 7) is 3.84. The number of ether oxygens (including phenoxy) is 2. The molecule has 2 aromatic rings. The molecule has 0 radical (unpaired) electrons. The zero-order valence-electron chi connectivity index (χ0n) is 16.7. The van der Waals surface area contributed by atoms with Crippen molar-refractivity contribution in [3.05, 3.63) is 48.5 Å². The Morgan fingerprint density at radius 2 is 1.54 bits per heavy atom. The van der Waals surface area contributed by atoms with Gasteiger partial charge in [-0.1, -0.05) is 0 Å². The molecule has 2 aromatic carbocycles. The van der Waals surface area contributed by atoms with Gasteiger partial charge in [0.2, 0.25) is 5.91 Å². The molecule has 1 aliphatic rings. The maximum absolute atomic E-state index is 12.6. The summed E-state index contributed by atoms with van der Waals surface area (Å²) < 4.78 is 10.4. The minimum absolute atomic E-state index is 0.101. The van der Waals surface area contributed by atoms with Crippen molar-refractivity contribution in [1.82, 2.24) is 5.32 Å². The van der Waals surface area contributed by atoms with E-state index in [1.54, 1.807) is 26.0 Å². The van der Waals surface area contributed by atoms with Crippen LogP contribution in [0.1, 0.15) is 19.8 Å². The smallest absolute Gasteiger partial charge is 0.233 e. The Kier molecular flexibility index (Phi) is 7.09. The lowest BCUT2D eigenvalue weighted by Gasteiger charge is -2.34. The molecule has 1 aliphatic heterocycles. The highest BCUT2D eigenvalue weighted by Crippen LogP contribution is 2.26. The van der Waals surface area contributed by atoms with Crippen LogP contribution >= 0.6 is 11.8 Å². The highest BCUT2D eigenvalue weighted by atomic mass is 32.2. The molecule has 0 aromatic heterocycles. The largest absolute Gasteiger partial charge is 0.497 e. The lowest BCUT2D eigenvalue weighted by molar-refractivity contribution is -0.121. The molecule has 3 rings (SSSR count). The molecule has 0 spiro atoms. The fourth-order valence-corrected chi connectivity index (χ4v) is 4.18. The maximum Gasteiger partial charge on any atom is 0.233 e. The summed E-state index contributed by atoms with van der Waals surface area (Å²) in [7, 11) is 3.33. The van der Waals surface area contributed by atoms with Crippen molar-refractivity contribution in [2.75, 3.05) is 32.2 Å². The van der Waals surface area contributed by atoms with E-state index in [9.17, 15) is 4.79 Å². The zero-order chi connectivity index (χ0) is 19.9. The normalized spacial score (nSPS) is 15.8. The van der Waals surface area contributed by atoms with E-state index in [0.29, 0.717) is 0 Å². The number of anilines is 1. The van der Waals surface area contributed by atoms with Crippen LogP contribution in [0.15, 0.2) is 53.4 Å². The van der Waals surface area contributed by atoms with E-state index >= 15 is 0 Å². The molecule has 6 heteroatoms. The molecule has 1 atom stereocenters. The Hall–Kier alpha value is -2.34. The van der Waals surface area contributed by atoms with Crippen LogP contribution < -0.4 is 19.7 Å². The zero-order valence-corrected chi connectivity index (χ0v) is 17.5. The average molecular weight is 401 g/mol. The molecular formula is C22H28N2O3S. The summed E-state index contributed by atoms with van der Waals surface area (Å²) in [6.07, 6.45) is 1.91. The van der Waals surface area contributed by atoms with Gasteiger partial charge in [0.05, 0.1) is 19.5 Å². The Bertz CT molecular complexity index is 756. The van der Waals surface area contributed by atoms with Crippen LogP contribution in [0.2, 0.25) is 0 Å². The van der Waals surface area contributed by atoms with Crippen LogP contribution in [0.3, 0.4) is 0 Å². The maximum atomic E-state index is 12.6. The Labute approximate surface area is 171 Å². The first-order chi connectivity index (χ1) is 13.6. The van der Waals surface area contributed by atoms with E-state index in [4.69, 9.17) is 9.47 Å². The molecule has 28 heavy (non-hydrogen) atoms. The van der Waals surface area contributed by atoms with Crippen LogP contribution in [0.25, 0.3) is 0 Å². The number of carbonyl (C=O) groups excluding carboxylic acids is 1. The van der Waals surface area contributed by atoms with E-state index in [-0.39, 0.29) is 17.2 Å². The number of amides is 1. The van der Waals surface area contributed by atoms with Crippen LogP contribution in [0.5, 0.6) is 11.5 Å². The second-order valence-corrected chi connectivity index (χ2v) is 8.32. The van der Waals surface area contributed by atoms with Gasteiger partial charge < -0.3 is 19.7 Å². The second kappa shape index (κ2) is 9.73. The third-order valence-corrected chi connectivity index (χ3v) is 6.13. The van der Waals surface area contributed by atoms with Crippen LogP contribution in [-0.2, 0) is 4.79 Å². The molecule has 1 N–H and O–H groups in total. The third-order valence-electron chi connectivity index (χ3n) is 5.02. The number of benzene rings is 2. The molecule has 1 amide bonds. The lowest BCUT2D eigenvalue weighted by atomic mass is 10.0. The number of rotatable bonds is 7. The summed E-state index contributed by atoms with van der Waals surface area (Å²) >= 11 is 1.57. The van der Waals surface area contributed by atoms with Gasteiger partial charge in [-0.2, -0.15) is 0 Å². The molecule has 0 saturated carbocycles. The Morgan fingerprint density at radius 1 is 1.00 bits per heavy atom. The van der Waals surface area contributed by atoms with Crippen molar-refractivity contribution in [2.24, 2.45) is 0 Å². The molecule has 0 aliphatic carbocycles. The van der Waals surface area contributed by atoms with Crippen LogP contribution in [0.4, 0.5) is 5.69 Å². The molecular weight excluding hydrogens is 372 g/mol. The minimum Gasteiger partial charge on any atom is -0.497 e. The Balaban J connectivity index is 1.45. The number of nitrogens with one attached hydrogen (secondary N) is 1. The quantitative estimate of drug-likeness (QED) is 0.713. The summed E-state index contributed by atoms with van der Waals surface area (Å²) in [4.78, 5) is 16.0. The first kappa shape index (κ1) is 20.4. The third kappa shape index (κ3) is 5.35. The fraction of sp³-hybridized carbons (Fsp3) is 0.409. The lowest BCUT2D eigenvalue weighted by Crippen LogP contribution is -2.46. The van der Waals surface area contributed by atoms with Crippen molar-refractivity contribution >= 4 is 23.4 Å². The minimum atomic E-state index is -0.131. The number of methoxy groups -OCH3 is 2. The van der Waals surface area contributed by atoms with Gasteiger partial charge in [0.1, 0.15) is 11.5 Å². The summed E-state index contributed by atoms with van der Waals surface area (Å²) in [5, 5.41) is 3.09. The molecule has 1 heterocycles. The number of nitrogens with zero attached hydrogens (tertiary/aromatic N) is 1. The number of carbonyl (C=O) groups is 1. The molecule has 1 unspecified atom stereocenters. The number of hydrogen-bond donors (Lipinski definition) is 1. The highest BCUT2D eigenvalue weighted by molar-refractivity contribution is 8.00. The summed E-state index contributed by atoms with van der Waals surface area (Å²) in [5.74, 6) is 1.79. The average Bonchev–Trinajstić information content (AvgIpc) is 2.75. The van der Waals surface area contributed by atoms with E-state index in [2.05, 4.69) is 22.3 Å². The molecule has 1 saturated heterocycles. The van der Waals surface area contributed by atoms with Crippen LogP contribution in [0, 0.1) is 0 Å². The topological polar surface area (TPSA) is 50.8 Å². The van der Waals surface area contributed by atoms with Crippen molar-refractivity contribution < 1.29 is 14.3 Å². The van der Waals surface area contributed by atoms with Gasteiger partial charge in [0.25, 0.3) is 0 Å². The van der Waals surface area contributed by atoms with Crippen LogP contribution in [-0.4, -0.2) is 44.5 Å². The molecule has 1 fully saturated rings. The van der Waals surface area contributed by atoms with E-state index < -0.39 is 0 Å². The Morgan fingerprint density at radius 3 is 2.07 bits per heavy atom. The fourth-order valence-electron chi connectivity index (χ4n) is 3.31. The summed E-state index contributed by atoms with van der Waals surface area (Å²) in [5.41, 5.74) is 1.20. The molecule has 0 bridgehead atoms. The van der Waals surface area contributed by atoms with E-state index in [1.807, 2.05) is 43.3 Å². The first-order valence-corrected chi connectivity index (χ1v) is 10.5. The molecule has 5 nitrogen and oxygen atoms in total. The van der Waals surface area contributed by atoms with Gasteiger partial charge in [-0.3, -0.25) is 4.79 Å². The van der Waals surface area contributed by atoms with Gasteiger partial charge in [-0.25, -0.2) is 0 Å². The standard InChI is InChI=1S/C22H28N2O3S/c1-16(28-21-10-8-20(27-3)9-11-21)22(25)23-17-12-14-24(15-13-17)18-4-6-19(26-2)7-5-18/h4-11,16-17H,12-15H2,1-3H3,(H,23,25). The first-order valence-electron chi connectivity index (χ1n) is 9.59. The van der Waals surface area contributed by atoms with Crippen molar-refractivity contribution in [3.63, 3.8) is 0 Å². The monoisotopic (exact) mass is 400 g/mol.